The lowest BCUT2D eigenvalue weighted by atomic mass is 10.0. The third-order valence-corrected chi connectivity index (χ3v) is 4.55. The lowest BCUT2D eigenvalue weighted by Gasteiger charge is -2.16. The van der Waals surface area contributed by atoms with Gasteiger partial charge in [-0.1, -0.05) is 30.3 Å². The molecule has 1 fully saturated rings. The first kappa shape index (κ1) is 16.8. The predicted octanol–water partition coefficient (Wildman–Crippen LogP) is 3.34. The Kier molecular flexibility index (Phi) is 5.70. The van der Waals surface area contributed by atoms with Gasteiger partial charge in [-0.2, -0.15) is 0 Å². The number of likely N-dealkylation sites (tertiary alicyclic amines) is 1. The third kappa shape index (κ3) is 3.88. The maximum Gasteiger partial charge on any atom is 0.222 e. The molecular formula is C20H26N2O2. The van der Waals surface area contributed by atoms with Crippen molar-refractivity contribution in [2.45, 2.75) is 32.7 Å². The van der Waals surface area contributed by atoms with Crippen molar-refractivity contribution >= 4 is 16.7 Å². The predicted molar refractivity (Wildman–Crippen MR) is 97.3 cm³/mol. The monoisotopic (exact) mass is 326 g/mol. The van der Waals surface area contributed by atoms with Gasteiger partial charge in [-0.05, 0) is 43.1 Å². The summed E-state index contributed by atoms with van der Waals surface area (Å²) in [6, 6.07) is 12.6. The van der Waals surface area contributed by atoms with Gasteiger partial charge < -0.3 is 15.0 Å². The van der Waals surface area contributed by atoms with Gasteiger partial charge in [0.15, 0.2) is 0 Å². The summed E-state index contributed by atoms with van der Waals surface area (Å²) in [5.74, 6) is 1.26. The lowest BCUT2D eigenvalue weighted by Crippen LogP contribution is -2.28. The third-order valence-electron chi connectivity index (χ3n) is 4.55. The summed E-state index contributed by atoms with van der Waals surface area (Å²) in [6.45, 7) is 6.15. The standard InChI is InChI=1S/C20H26N2O2/c1-2-24-19-11-10-16-7-3-4-8-17(16)18(19)15-21-12-6-14-22-13-5-9-20(22)23/h3-4,7-8,10-11,21H,2,5-6,9,12-15H2,1H3. The largest absolute Gasteiger partial charge is 0.494 e. The molecule has 0 aliphatic carbocycles. The molecule has 1 saturated heterocycles. The van der Waals surface area contributed by atoms with Crippen LogP contribution in [0.4, 0.5) is 0 Å². The molecule has 0 spiro atoms. The second-order valence-corrected chi connectivity index (χ2v) is 6.21. The molecule has 0 aromatic heterocycles. The lowest BCUT2D eigenvalue weighted by molar-refractivity contribution is -0.127. The molecule has 1 heterocycles. The Bertz CT molecular complexity index is 699. The quantitative estimate of drug-likeness (QED) is 0.757. The number of amides is 1. The molecular weight excluding hydrogens is 300 g/mol. The van der Waals surface area contributed by atoms with E-state index in [1.54, 1.807) is 0 Å². The molecule has 1 N–H and O–H groups in total. The summed E-state index contributed by atoms with van der Waals surface area (Å²) in [7, 11) is 0. The van der Waals surface area contributed by atoms with Crippen LogP contribution < -0.4 is 10.1 Å². The van der Waals surface area contributed by atoms with Crippen LogP contribution in [0.2, 0.25) is 0 Å². The first-order valence-corrected chi connectivity index (χ1v) is 8.91. The summed E-state index contributed by atoms with van der Waals surface area (Å²) in [4.78, 5) is 13.6. The van der Waals surface area contributed by atoms with E-state index in [-0.39, 0.29) is 0 Å². The number of ether oxygens (including phenoxy) is 1. The maximum absolute atomic E-state index is 11.6. The molecule has 0 saturated carbocycles. The molecule has 3 rings (SSSR count). The van der Waals surface area contributed by atoms with E-state index in [1.165, 1.54) is 16.3 Å². The molecule has 4 heteroatoms. The van der Waals surface area contributed by atoms with Crippen LogP contribution in [0.1, 0.15) is 31.7 Å². The van der Waals surface area contributed by atoms with Crippen LogP contribution in [0.25, 0.3) is 10.8 Å². The van der Waals surface area contributed by atoms with Gasteiger partial charge in [0.1, 0.15) is 5.75 Å². The molecule has 1 aliphatic rings. The molecule has 1 amide bonds. The molecule has 0 atom stereocenters. The minimum Gasteiger partial charge on any atom is -0.494 e. The van der Waals surface area contributed by atoms with Gasteiger partial charge in [0.2, 0.25) is 5.91 Å². The number of hydrogen-bond acceptors (Lipinski definition) is 3. The fraction of sp³-hybridized carbons (Fsp3) is 0.450. The molecule has 4 nitrogen and oxygen atoms in total. The average molecular weight is 326 g/mol. The van der Waals surface area contributed by atoms with Crippen molar-refractivity contribution in [3.63, 3.8) is 0 Å². The Morgan fingerprint density at radius 3 is 2.88 bits per heavy atom. The number of hydrogen-bond donors (Lipinski definition) is 1. The number of benzene rings is 2. The smallest absolute Gasteiger partial charge is 0.222 e. The van der Waals surface area contributed by atoms with E-state index in [1.807, 2.05) is 11.8 Å². The Morgan fingerprint density at radius 1 is 1.21 bits per heavy atom. The van der Waals surface area contributed by atoms with Crippen molar-refractivity contribution in [1.29, 1.82) is 0 Å². The normalized spacial score (nSPS) is 14.5. The number of nitrogens with zero attached hydrogens (tertiary/aromatic N) is 1. The Morgan fingerprint density at radius 2 is 2.08 bits per heavy atom. The fourth-order valence-corrected chi connectivity index (χ4v) is 3.34. The van der Waals surface area contributed by atoms with Crippen molar-refractivity contribution in [3.8, 4) is 5.75 Å². The summed E-state index contributed by atoms with van der Waals surface area (Å²) < 4.78 is 5.80. The Labute approximate surface area is 143 Å². The highest BCUT2D eigenvalue weighted by molar-refractivity contribution is 5.87. The van der Waals surface area contributed by atoms with Crippen LogP contribution in [0.5, 0.6) is 5.75 Å². The van der Waals surface area contributed by atoms with Crippen LogP contribution in [0.3, 0.4) is 0 Å². The first-order chi connectivity index (χ1) is 11.8. The number of fused-ring (bicyclic) bond motifs is 1. The van der Waals surface area contributed by atoms with Crippen molar-refractivity contribution < 1.29 is 9.53 Å². The molecule has 1 aliphatic heterocycles. The van der Waals surface area contributed by atoms with Gasteiger partial charge >= 0.3 is 0 Å². The number of nitrogens with one attached hydrogen (secondary N) is 1. The second-order valence-electron chi connectivity index (χ2n) is 6.21. The molecule has 0 bridgehead atoms. The van der Waals surface area contributed by atoms with Crippen LogP contribution in [-0.2, 0) is 11.3 Å². The average Bonchev–Trinajstić information content (AvgIpc) is 3.01. The summed E-state index contributed by atoms with van der Waals surface area (Å²) in [5, 5.41) is 5.99. The van der Waals surface area contributed by atoms with E-state index in [2.05, 4.69) is 41.7 Å². The van der Waals surface area contributed by atoms with Gasteiger partial charge in [0.05, 0.1) is 6.61 Å². The van der Waals surface area contributed by atoms with E-state index in [9.17, 15) is 4.79 Å². The van der Waals surface area contributed by atoms with Crippen LogP contribution in [-0.4, -0.2) is 37.0 Å². The van der Waals surface area contributed by atoms with Gasteiger partial charge in [-0.3, -0.25) is 4.79 Å². The van der Waals surface area contributed by atoms with Crippen molar-refractivity contribution in [3.05, 3.63) is 42.0 Å². The molecule has 24 heavy (non-hydrogen) atoms. The Balaban J connectivity index is 1.59. The molecule has 2 aromatic carbocycles. The molecule has 2 aromatic rings. The highest BCUT2D eigenvalue weighted by Gasteiger charge is 2.18. The summed E-state index contributed by atoms with van der Waals surface area (Å²) in [5.41, 5.74) is 1.21. The minimum atomic E-state index is 0.308. The van der Waals surface area contributed by atoms with Gasteiger partial charge in [-0.25, -0.2) is 0 Å². The topological polar surface area (TPSA) is 41.6 Å². The van der Waals surface area contributed by atoms with Crippen LogP contribution in [0.15, 0.2) is 36.4 Å². The number of carbonyl (C=O) groups is 1. The van der Waals surface area contributed by atoms with Gasteiger partial charge in [0.25, 0.3) is 0 Å². The first-order valence-electron chi connectivity index (χ1n) is 8.91. The molecule has 128 valence electrons. The van der Waals surface area contributed by atoms with Crippen molar-refractivity contribution in [2.24, 2.45) is 0 Å². The van der Waals surface area contributed by atoms with E-state index in [4.69, 9.17) is 4.74 Å². The number of carbonyl (C=O) groups excluding carboxylic acids is 1. The SMILES string of the molecule is CCOc1ccc2ccccc2c1CNCCCN1CCCC1=O. The zero-order valence-corrected chi connectivity index (χ0v) is 14.4. The fourth-order valence-electron chi connectivity index (χ4n) is 3.34. The van der Waals surface area contributed by atoms with E-state index in [0.29, 0.717) is 12.5 Å². The summed E-state index contributed by atoms with van der Waals surface area (Å²) >= 11 is 0. The Hall–Kier alpha value is -2.07. The number of rotatable bonds is 8. The second kappa shape index (κ2) is 8.15. The van der Waals surface area contributed by atoms with Crippen molar-refractivity contribution in [2.75, 3.05) is 26.2 Å². The van der Waals surface area contributed by atoms with Crippen molar-refractivity contribution in [1.82, 2.24) is 10.2 Å². The van der Waals surface area contributed by atoms with E-state index >= 15 is 0 Å². The molecule has 0 radical (unpaired) electrons. The van der Waals surface area contributed by atoms with Crippen LogP contribution in [0, 0.1) is 0 Å². The van der Waals surface area contributed by atoms with E-state index in [0.717, 1.165) is 51.2 Å². The van der Waals surface area contributed by atoms with E-state index < -0.39 is 0 Å². The zero-order valence-electron chi connectivity index (χ0n) is 14.4. The van der Waals surface area contributed by atoms with Gasteiger partial charge in [-0.15, -0.1) is 0 Å². The van der Waals surface area contributed by atoms with Crippen LogP contribution >= 0.6 is 0 Å². The zero-order chi connectivity index (χ0) is 16.8. The minimum absolute atomic E-state index is 0.308. The highest BCUT2D eigenvalue weighted by atomic mass is 16.5. The maximum atomic E-state index is 11.6. The summed E-state index contributed by atoms with van der Waals surface area (Å²) in [6.07, 6.45) is 2.72. The highest BCUT2D eigenvalue weighted by Crippen LogP contribution is 2.28. The van der Waals surface area contributed by atoms with Gasteiger partial charge in [0, 0.05) is 31.6 Å². The molecule has 0 unspecified atom stereocenters.